The van der Waals surface area contributed by atoms with Crippen LogP contribution in [-0.4, -0.2) is 23.4 Å². The molecule has 4 nitrogen and oxygen atoms in total. The van der Waals surface area contributed by atoms with Crippen LogP contribution in [-0.2, 0) is 9.59 Å². The summed E-state index contributed by atoms with van der Waals surface area (Å²) in [5, 5.41) is 2.74. The summed E-state index contributed by atoms with van der Waals surface area (Å²) in [5.41, 5.74) is 0.903. The van der Waals surface area contributed by atoms with E-state index in [0.717, 1.165) is 15.7 Å². The Morgan fingerprint density at radius 2 is 1.89 bits per heavy atom. The van der Waals surface area contributed by atoms with E-state index >= 15 is 0 Å². The standard InChI is InChI=1S/C14H17BrN2O2/c1-8-5-10(15)7-11(6-8)17-9(2)12(18)16-14(3,4)13(17)19/h5-7,9H,1-4H3,(H,16,18). The summed E-state index contributed by atoms with van der Waals surface area (Å²) in [6.45, 7) is 7.13. The van der Waals surface area contributed by atoms with Crippen LogP contribution in [0, 0.1) is 6.92 Å². The Morgan fingerprint density at radius 3 is 2.47 bits per heavy atom. The maximum absolute atomic E-state index is 12.5. The van der Waals surface area contributed by atoms with E-state index in [4.69, 9.17) is 0 Å². The van der Waals surface area contributed by atoms with Crippen molar-refractivity contribution >= 4 is 33.4 Å². The molecule has 1 heterocycles. The lowest BCUT2D eigenvalue weighted by Gasteiger charge is -2.41. The fourth-order valence-electron chi connectivity index (χ4n) is 2.26. The van der Waals surface area contributed by atoms with Gasteiger partial charge in [-0.05, 0) is 51.5 Å². The van der Waals surface area contributed by atoms with E-state index in [9.17, 15) is 9.59 Å². The van der Waals surface area contributed by atoms with Gasteiger partial charge >= 0.3 is 0 Å². The van der Waals surface area contributed by atoms with Crippen LogP contribution in [0.5, 0.6) is 0 Å². The summed E-state index contributed by atoms with van der Waals surface area (Å²) >= 11 is 3.42. The normalized spacial score (nSPS) is 22.4. The predicted octanol–water partition coefficient (Wildman–Crippen LogP) is 2.39. The summed E-state index contributed by atoms with van der Waals surface area (Å²) in [4.78, 5) is 26.1. The molecule has 1 aliphatic heterocycles. The Labute approximate surface area is 121 Å². The number of benzene rings is 1. The van der Waals surface area contributed by atoms with E-state index in [0.29, 0.717) is 0 Å². The third kappa shape index (κ3) is 2.52. The average Bonchev–Trinajstić information content (AvgIpc) is 2.25. The summed E-state index contributed by atoms with van der Waals surface area (Å²) < 4.78 is 0.895. The number of rotatable bonds is 1. The molecule has 2 rings (SSSR count). The SMILES string of the molecule is Cc1cc(Br)cc(N2C(=O)C(C)(C)NC(=O)C2C)c1. The number of aryl methyl sites for hydroxylation is 1. The number of amides is 2. The van der Waals surface area contributed by atoms with Gasteiger partial charge in [0.2, 0.25) is 5.91 Å². The third-order valence-corrected chi connectivity index (χ3v) is 3.72. The lowest BCUT2D eigenvalue weighted by molar-refractivity contribution is -0.136. The Morgan fingerprint density at radius 1 is 1.26 bits per heavy atom. The highest BCUT2D eigenvalue weighted by Crippen LogP contribution is 2.28. The van der Waals surface area contributed by atoms with E-state index in [-0.39, 0.29) is 11.8 Å². The molecule has 0 aromatic heterocycles. The molecule has 1 aromatic rings. The molecule has 1 aliphatic rings. The second-order valence-electron chi connectivity index (χ2n) is 5.45. The van der Waals surface area contributed by atoms with Crippen molar-refractivity contribution in [1.29, 1.82) is 0 Å². The maximum Gasteiger partial charge on any atom is 0.252 e. The van der Waals surface area contributed by atoms with Gasteiger partial charge in [0.05, 0.1) is 0 Å². The van der Waals surface area contributed by atoms with Crippen LogP contribution in [0.3, 0.4) is 0 Å². The van der Waals surface area contributed by atoms with Crippen molar-refractivity contribution in [2.75, 3.05) is 4.90 Å². The van der Waals surface area contributed by atoms with Gasteiger partial charge in [0, 0.05) is 10.2 Å². The van der Waals surface area contributed by atoms with E-state index in [2.05, 4.69) is 21.2 Å². The number of hydrogen-bond donors (Lipinski definition) is 1. The van der Waals surface area contributed by atoms with Gasteiger partial charge in [0.1, 0.15) is 11.6 Å². The fourth-order valence-corrected chi connectivity index (χ4v) is 2.85. The Balaban J connectivity index is 2.51. The third-order valence-electron chi connectivity index (χ3n) is 3.26. The fraction of sp³-hybridized carbons (Fsp3) is 0.429. The zero-order valence-corrected chi connectivity index (χ0v) is 13.0. The summed E-state index contributed by atoms with van der Waals surface area (Å²) in [5.74, 6) is -0.237. The number of nitrogens with zero attached hydrogens (tertiary/aromatic N) is 1. The van der Waals surface area contributed by atoms with Gasteiger partial charge in [-0.15, -0.1) is 0 Å². The van der Waals surface area contributed by atoms with E-state index in [1.807, 2.05) is 25.1 Å². The maximum atomic E-state index is 12.5. The zero-order chi connectivity index (χ0) is 14.4. The Bertz CT molecular complexity index is 534. The second-order valence-corrected chi connectivity index (χ2v) is 6.37. The van der Waals surface area contributed by atoms with Crippen molar-refractivity contribution in [1.82, 2.24) is 5.32 Å². The Kier molecular flexibility index (Phi) is 3.43. The quantitative estimate of drug-likeness (QED) is 0.862. The average molecular weight is 325 g/mol. The number of halogens is 1. The van der Waals surface area contributed by atoms with Crippen LogP contribution >= 0.6 is 15.9 Å². The molecule has 0 spiro atoms. The van der Waals surface area contributed by atoms with Crippen LogP contribution in [0.1, 0.15) is 26.3 Å². The van der Waals surface area contributed by atoms with Gasteiger partial charge in [-0.1, -0.05) is 15.9 Å². The van der Waals surface area contributed by atoms with Gasteiger partial charge in [-0.25, -0.2) is 0 Å². The first-order valence-corrected chi connectivity index (χ1v) is 6.94. The highest BCUT2D eigenvalue weighted by molar-refractivity contribution is 9.10. The monoisotopic (exact) mass is 324 g/mol. The van der Waals surface area contributed by atoms with Crippen molar-refractivity contribution in [2.45, 2.75) is 39.3 Å². The highest BCUT2D eigenvalue weighted by atomic mass is 79.9. The van der Waals surface area contributed by atoms with Gasteiger partial charge < -0.3 is 5.32 Å². The van der Waals surface area contributed by atoms with Crippen LogP contribution in [0.15, 0.2) is 22.7 Å². The zero-order valence-electron chi connectivity index (χ0n) is 11.5. The first-order valence-electron chi connectivity index (χ1n) is 6.15. The first kappa shape index (κ1) is 14.1. The summed E-state index contributed by atoms with van der Waals surface area (Å²) in [7, 11) is 0. The summed E-state index contributed by atoms with van der Waals surface area (Å²) in [6, 6.07) is 5.23. The molecular weight excluding hydrogens is 308 g/mol. The topological polar surface area (TPSA) is 49.4 Å². The molecule has 1 N–H and O–H groups in total. The molecule has 102 valence electrons. The molecular formula is C14H17BrN2O2. The minimum absolute atomic E-state index is 0.0999. The largest absolute Gasteiger partial charge is 0.340 e. The molecule has 1 atom stereocenters. The number of anilines is 1. The molecule has 0 saturated carbocycles. The van der Waals surface area contributed by atoms with Gasteiger partial charge in [0.15, 0.2) is 0 Å². The van der Waals surface area contributed by atoms with Crippen LogP contribution in [0.4, 0.5) is 5.69 Å². The minimum atomic E-state index is -0.875. The van der Waals surface area contributed by atoms with E-state index in [1.165, 1.54) is 0 Å². The van der Waals surface area contributed by atoms with Crippen molar-refractivity contribution in [3.63, 3.8) is 0 Å². The molecule has 5 heteroatoms. The van der Waals surface area contributed by atoms with Gasteiger partial charge in [0.25, 0.3) is 5.91 Å². The van der Waals surface area contributed by atoms with E-state index in [1.54, 1.807) is 25.7 Å². The molecule has 0 bridgehead atoms. The number of piperazine rings is 1. The lowest BCUT2D eigenvalue weighted by atomic mass is 9.96. The molecule has 0 radical (unpaired) electrons. The molecule has 1 saturated heterocycles. The van der Waals surface area contributed by atoms with Gasteiger partial charge in [-0.3, -0.25) is 14.5 Å². The second kappa shape index (κ2) is 4.63. The minimum Gasteiger partial charge on any atom is -0.340 e. The van der Waals surface area contributed by atoms with Crippen molar-refractivity contribution in [3.8, 4) is 0 Å². The van der Waals surface area contributed by atoms with Crippen molar-refractivity contribution in [3.05, 3.63) is 28.2 Å². The molecule has 1 aromatic carbocycles. The lowest BCUT2D eigenvalue weighted by Crippen LogP contribution is -2.67. The molecule has 2 amide bonds. The van der Waals surface area contributed by atoms with Crippen LogP contribution in [0.2, 0.25) is 0 Å². The number of hydrogen-bond acceptors (Lipinski definition) is 2. The van der Waals surface area contributed by atoms with Gasteiger partial charge in [-0.2, -0.15) is 0 Å². The van der Waals surface area contributed by atoms with Crippen LogP contribution in [0.25, 0.3) is 0 Å². The van der Waals surface area contributed by atoms with E-state index < -0.39 is 11.6 Å². The highest BCUT2D eigenvalue weighted by Gasteiger charge is 2.44. The smallest absolute Gasteiger partial charge is 0.252 e. The number of carbonyl (C=O) groups excluding carboxylic acids is 2. The molecule has 1 unspecified atom stereocenters. The number of carbonyl (C=O) groups is 2. The first-order chi connectivity index (χ1) is 8.72. The Hall–Kier alpha value is -1.36. The molecule has 19 heavy (non-hydrogen) atoms. The number of nitrogens with one attached hydrogen (secondary N) is 1. The van der Waals surface area contributed by atoms with Crippen LogP contribution < -0.4 is 10.2 Å². The van der Waals surface area contributed by atoms with Crippen molar-refractivity contribution < 1.29 is 9.59 Å². The molecule has 1 fully saturated rings. The predicted molar refractivity (Wildman–Crippen MR) is 78.0 cm³/mol. The molecule has 0 aliphatic carbocycles. The summed E-state index contributed by atoms with van der Waals surface area (Å²) in [6.07, 6.45) is 0. The van der Waals surface area contributed by atoms with Crippen molar-refractivity contribution in [2.24, 2.45) is 0 Å².